The van der Waals surface area contributed by atoms with Gasteiger partial charge in [-0.1, -0.05) is 30.3 Å². The third-order valence-electron chi connectivity index (χ3n) is 5.91. The van der Waals surface area contributed by atoms with E-state index in [2.05, 4.69) is 0 Å². The molecule has 34 heavy (non-hydrogen) atoms. The summed E-state index contributed by atoms with van der Waals surface area (Å²) in [5, 5.41) is 9.84. The van der Waals surface area contributed by atoms with Crippen LogP contribution in [0.25, 0.3) is 6.08 Å². The summed E-state index contributed by atoms with van der Waals surface area (Å²) in [6, 6.07) is 17.2. The molecular formula is C29H30O5. The molecule has 1 heterocycles. The molecule has 1 aliphatic heterocycles. The SMILES string of the molecule is Cc1cc(OCc2ccccc2)c(C(=O)COc2c(CO)ccc3c2C=CC(C)(C)O3)cc1C. The Balaban J connectivity index is 1.57. The zero-order valence-electron chi connectivity index (χ0n) is 20.1. The van der Waals surface area contributed by atoms with Crippen LogP contribution >= 0.6 is 0 Å². The van der Waals surface area contributed by atoms with Crippen molar-refractivity contribution in [1.82, 2.24) is 0 Å². The minimum atomic E-state index is -0.439. The lowest BCUT2D eigenvalue weighted by molar-refractivity contribution is 0.0913. The molecular weight excluding hydrogens is 428 g/mol. The van der Waals surface area contributed by atoms with Crippen LogP contribution in [0.5, 0.6) is 17.2 Å². The zero-order valence-corrected chi connectivity index (χ0v) is 20.1. The van der Waals surface area contributed by atoms with Gasteiger partial charge in [0.15, 0.2) is 6.61 Å². The van der Waals surface area contributed by atoms with Crippen molar-refractivity contribution >= 4 is 11.9 Å². The summed E-state index contributed by atoms with van der Waals surface area (Å²) in [6.45, 7) is 7.86. The first-order valence-corrected chi connectivity index (χ1v) is 11.4. The van der Waals surface area contributed by atoms with E-state index in [0.29, 0.717) is 35.0 Å². The van der Waals surface area contributed by atoms with Crippen molar-refractivity contribution in [3.63, 3.8) is 0 Å². The Morgan fingerprint density at radius 3 is 2.47 bits per heavy atom. The number of benzene rings is 3. The summed E-state index contributed by atoms with van der Waals surface area (Å²) < 4.78 is 18.1. The van der Waals surface area contributed by atoms with Crippen LogP contribution in [0.2, 0.25) is 0 Å². The lowest BCUT2D eigenvalue weighted by atomic mass is 9.99. The first kappa shape index (κ1) is 23.6. The number of ketones is 1. The van der Waals surface area contributed by atoms with E-state index in [1.807, 2.05) is 88.4 Å². The van der Waals surface area contributed by atoms with Gasteiger partial charge in [-0.3, -0.25) is 4.79 Å². The number of aliphatic hydroxyl groups excluding tert-OH is 1. The molecule has 0 atom stereocenters. The molecule has 5 nitrogen and oxygen atoms in total. The van der Waals surface area contributed by atoms with E-state index < -0.39 is 5.60 Å². The van der Waals surface area contributed by atoms with Crippen LogP contribution in [-0.4, -0.2) is 23.1 Å². The molecule has 0 unspecified atom stereocenters. The highest BCUT2D eigenvalue weighted by Gasteiger charge is 2.26. The molecule has 0 saturated carbocycles. The molecule has 0 bridgehead atoms. The van der Waals surface area contributed by atoms with Gasteiger partial charge in [0.1, 0.15) is 29.5 Å². The Kier molecular flexibility index (Phi) is 6.75. The van der Waals surface area contributed by atoms with E-state index in [1.54, 1.807) is 6.07 Å². The molecule has 4 rings (SSSR count). The van der Waals surface area contributed by atoms with Crippen LogP contribution in [0.4, 0.5) is 0 Å². The Bertz CT molecular complexity index is 1230. The summed E-state index contributed by atoms with van der Waals surface area (Å²) in [7, 11) is 0. The minimum absolute atomic E-state index is 0.190. The molecule has 3 aromatic carbocycles. The van der Waals surface area contributed by atoms with Crippen LogP contribution < -0.4 is 14.2 Å². The van der Waals surface area contributed by atoms with E-state index in [1.165, 1.54) is 0 Å². The van der Waals surface area contributed by atoms with Gasteiger partial charge in [-0.15, -0.1) is 0 Å². The number of aryl methyl sites for hydroxylation is 2. The van der Waals surface area contributed by atoms with Crippen LogP contribution in [-0.2, 0) is 13.2 Å². The minimum Gasteiger partial charge on any atom is -0.488 e. The summed E-state index contributed by atoms with van der Waals surface area (Å²) >= 11 is 0. The Labute approximate surface area is 200 Å². The largest absolute Gasteiger partial charge is 0.488 e. The number of Topliss-reactive ketones (excluding diaryl/α,β-unsaturated/α-hetero) is 1. The lowest BCUT2D eigenvalue weighted by Gasteiger charge is -2.29. The summed E-state index contributed by atoms with van der Waals surface area (Å²) in [6.07, 6.45) is 3.85. The highest BCUT2D eigenvalue weighted by Crippen LogP contribution is 2.39. The number of hydrogen-bond donors (Lipinski definition) is 1. The smallest absolute Gasteiger partial charge is 0.203 e. The van der Waals surface area contributed by atoms with Crippen LogP contribution in [0.15, 0.2) is 60.7 Å². The van der Waals surface area contributed by atoms with E-state index >= 15 is 0 Å². The fourth-order valence-corrected chi connectivity index (χ4v) is 3.85. The fourth-order valence-electron chi connectivity index (χ4n) is 3.85. The van der Waals surface area contributed by atoms with Crippen molar-refractivity contribution in [2.75, 3.05) is 6.61 Å². The lowest BCUT2D eigenvalue weighted by Crippen LogP contribution is -2.27. The highest BCUT2D eigenvalue weighted by molar-refractivity contribution is 6.00. The third-order valence-corrected chi connectivity index (χ3v) is 5.91. The van der Waals surface area contributed by atoms with E-state index in [-0.39, 0.29) is 19.0 Å². The van der Waals surface area contributed by atoms with Gasteiger partial charge in [-0.2, -0.15) is 0 Å². The van der Waals surface area contributed by atoms with Gasteiger partial charge < -0.3 is 19.3 Å². The number of fused-ring (bicyclic) bond motifs is 1. The second-order valence-electron chi connectivity index (χ2n) is 9.08. The zero-order chi connectivity index (χ0) is 24.3. The topological polar surface area (TPSA) is 65.0 Å². The highest BCUT2D eigenvalue weighted by atomic mass is 16.5. The average molecular weight is 459 g/mol. The number of aliphatic hydroxyl groups is 1. The Morgan fingerprint density at radius 2 is 1.74 bits per heavy atom. The first-order chi connectivity index (χ1) is 16.3. The van der Waals surface area contributed by atoms with Gasteiger partial charge in [0.05, 0.1) is 17.7 Å². The average Bonchev–Trinajstić information content (AvgIpc) is 2.82. The molecule has 176 valence electrons. The van der Waals surface area contributed by atoms with Gasteiger partial charge in [-0.05, 0) is 80.8 Å². The van der Waals surface area contributed by atoms with E-state index in [0.717, 1.165) is 22.3 Å². The predicted molar refractivity (Wildman–Crippen MR) is 133 cm³/mol. The molecule has 0 amide bonds. The fraction of sp³-hybridized carbons (Fsp3) is 0.276. The number of carbonyl (C=O) groups excluding carboxylic acids is 1. The quantitative estimate of drug-likeness (QED) is 0.431. The summed E-state index contributed by atoms with van der Waals surface area (Å²) in [4.78, 5) is 13.3. The van der Waals surface area contributed by atoms with Crippen molar-refractivity contribution in [3.8, 4) is 17.2 Å². The normalized spacial score (nSPS) is 13.7. The number of carbonyl (C=O) groups is 1. The second kappa shape index (κ2) is 9.74. The number of rotatable bonds is 8. The molecule has 1 N–H and O–H groups in total. The molecule has 0 saturated heterocycles. The van der Waals surface area contributed by atoms with Crippen molar-refractivity contribution in [1.29, 1.82) is 0 Å². The summed E-state index contributed by atoms with van der Waals surface area (Å²) in [5.41, 5.74) is 4.42. The first-order valence-electron chi connectivity index (χ1n) is 11.4. The molecule has 0 fully saturated rings. The number of ether oxygens (including phenoxy) is 3. The van der Waals surface area contributed by atoms with Gasteiger partial charge >= 0.3 is 0 Å². The maximum atomic E-state index is 13.3. The van der Waals surface area contributed by atoms with Crippen molar-refractivity contribution in [3.05, 3.63) is 94.1 Å². The Morgan fingerprint density at radius 1 is 1.00 bits per heavy atom. The van der Waals surface area contributed by atoms with Crippen molar-refractivity contribution in [2.24, 2.45) is 0 Å². The van der Waals surface area contributed by atoms with Crippen molar-refractivity contribution < 1.29 is 24.1 Å². The molecule has 0 aliphatic carbocycles. The summed E-state index contributed by atoms with van der Waals surface area (Å²) in [5.74, 6) is 1.44. The third kappa shape index (κ3) is 5.15. The molecule has 1 aliphatic rings. The van der Waals surface area contributed by atoms with Crippen LogP contribution in [0, 0.1) is 13.8 Å². The van der Waals surface area contributed by atoms with Crippen LogP contribution in [0.1, 0.15) is 52.0 Å². The van der Waals surface area contributed by atoms with Gasteiger partial charge in [0.25, 0.3) is 0 Å². The monoisotopic (exact) mass is 458 g/mol. The van der Waals surface area contributed by atoms with Gasteiger partial charge in [-0.25, -0.2) is 0 Å². The second-order valence-corrected chi connectivity index (χ2v) is 9.08. The maximum Gasteiger partial charge on any atom is 0.203 e. The standard InChI is InChI=1S/C29H30O5/c1-19-14-24(27(15-20(19)2)32-17-21-8-6-5-7-9-21)25(31)18-33-28-22(16-30)10-11-26-23(28)12-13-29(3,4)34-26/h5-15,30H,16-18H2,1-4H3. The number of hydrogen-bond acceptors (Lipinski definition) is 5. The Hall–Kier alpha value is -3.57. The molecule has 0 aromatic heterocycles. The molecule has 5 heteroatoms. The van der Waals surface area contributed by atoms with Crippen LogP contribution in [0.3, 0.4) is 0 Å². The maximum absolute atomic E-state index is 13.3. The molecule has 0 spiro atoms. The molecule has 0 radical (unpaired) electrons. The van der Waals surface area contributed by atoms with Gasteiger partial charge in [0, 0.05) is 5.56 Å². The van der Waals surface area contributed by atoms with E-state index in [9.17, 15) is 9.90 Å². The predicted octanol–water partition coefficient (Wildman–Crippen LogP) is 5.82. The van der Waals surface area contributed by atoms with Crippen molar-refractivity contribution in [2.45, 2.75) is 46.5 Å². The van der Waals surface area contributed by atoms with E-state index in [4.69, 9.17) is 14.2 Å². The van der Waals surface area contributed by atoms with Gasteiger partial charge in [0.2, 0.25) is 5.78 Å². The molecule has 3 aromatic rings.